The molecule has 1 atom stereocenters. The molecule has 2 aromatic rings. The van der Waals surface area contributed by atoms with Crippen LogP contribution in [0.25, 0.3) is 6.08 Å². The number of H-pyrrole nitrogens is 1. The van der Waals surface area contributed by atoms with Crippen molar-refractivity contribution in [2.45, 2.75) is 19.8 Å². The van der Waals surface area contributed by atoms with Crippen molar-refractivity contribution in [2.24, 2.45) is 5.73 Å². The van der Waals surface area contributed by atoms with Gasteiger partial charge in [-0.1, -0.05) is 42.0 Å². The Kier molecular flexibility index (Phi) is 3.43. The number of hydrogen-bond acceptors (Lipinski definition) is 4. The van der Waals surface area contributed by atoms with E-state index in [1.165, 1.54) is 0 Å². The summed E-state index contributed by atoms with van der Waals surface area (Å²) in [4.78, 5) is 0. The molecule has 1 aromatic carbocycles. The van der Waals surface area contributed by atoms with Crippen molar-refractivity contribution in [3.05, 3.63) is 64.2 Å². The van der Waals surface area contributed by atoms with Crippen molar-refractivity contribution in [3.63, 3.8) is 0 Å². The summed E-state index contributed by atoms with van der Waals surface area (Å²) in [5.41, 5.74) is 10.1. The largest absolute Gasteiger partial charge is 0.420 e. The smallest absolute Gasteiger partial charge is 0.244 e. The molecule has 22 heavy (non-hydrogen) atoms. The van der Waals surface area contributed by atoms with Gasteiger partial charge in [-0.05, 0) is 19.4 Å². The Balaban J connectivity index is 2.13. The van der Waals surface area contributed by atoms with Crippen molar-refractivity contribution in [2.75, 3.05) is 0 Å². The number of allylic oxidation sites excluding steroid dienone is 2. The number of ether oxygens (including phenoxy) is 1. The number of fused-ring (bicyclic) bond motifs is 1. The van der Waals surface area contributed by atoms with Crippen LogP contribution in [-0.2, 0) is 0 Å². The molecule has 3 rings (SSSR count). The molecule has 0 bridgehead atoms. The number of nitriles is 1. The molecule has 0 spiro atoms. The number of nitrogens with two attached hydrogens (primary N) is 1. The van der Waals surface area contributed by atoms with Crippen LogP contribution >= 0.6 is 0 Å². The zero-order chi connectivity index (χ0) is 15.7. The van der Waals surface area contributed by atoms with Gasteiger partial charge >= 0.3 is 0 Å². The van der Waals surface area contributed by atoms with Gasteiger partial charge in [0.05, 0.1) is 5.92 Å². The van der Waals surface area contributed by atoms with Gasteiger partial charge in [-0.15, -0.1) is 5.10 Å². The van der Waals surface area contributed by atoms with Crippen molar-refractivity contribution in [1.29, 1.82) is 5.26 Å². The molecular weight excluding hydrogens is 276 g/mol. The fraction of sp³-hybridized carbons (Fsp3) is 0.176. The number of benzene rings is 1. The number of aromatic nitrogens is 2. The second kappa shape index (κ2) is 5.41. The Hall–Kier alpha value is -3.00. The normalized spacial score (nSPS) is 17.7. The van der Waals surface area contributed by atoms with Gasteiger partial charge in [-0.25, -0.2) is 0 Å². The molecule has 0 radical (unpaired) electrons. The lowest BCUT2D eigenvalue weighted by atomic mass is 9.84. The van der Waals surface area contributed by atoms with Gasteiger partial charge < -0.3 is 10.5 Å². The van der Waals surface area contributed by atoms with Gasteiger partial charge in [0.25, 0.3) is 0 Å². The molecule has 0 aliphatic carbocycles. The quantitative estimate of drug-likeness (QED) is 0.890. The van der Waals surface area contributed by atoms with E-state index in [1.54, 1.807) is 0 Å². The Morgan fingerprint density at radius 3 is 2.82 bits per heavy atom. The second-order valence-electron chi connectivity index (χ2n) is 5.29. The molecule has 0 saturated carbocycles. The van der Waals surface area contributed by atoms with E-state index >= 15 is 0 Å². The molecule has 1 aliphatic rings. The first-order chi connectivity index (χ1) is 10.6. The third kappa shape index (κ3) is 2.25. The molecule has 0 fully saturated rings. The van der Waals surface area contributed by atoms with E-state index < -0.39 is 0 Å². The highest BCUT2D eigenvalue weighted by Gasteiger charge is 2.33. The topological polar surface area (TPSA) is 87.7 Å². The molecule has 1 aromatic heterocycles. The van der Waals surface area contributed by atoms with Crippen LogP contribution < -0.4 is 10.5 Å². The zero-order valence-electron chi connectivity index (χ0n) is 12.4. The Labute approximate surface area is 128 Å². The predicted octanol–water partition coefficient (Wildman–Crippen LogP) is 2.99. The highest BCUT2D eigenvalue weighted by atomic mass is 16.5. The minimum Gasteiger partial charge on any atom is -0.420 e. The number of nitrogens with zero attached hydrogens (tertiary/aromatic N) is 2. The van der Waals surface area contributed by atoms with Gasteiger partial charge in [0.1, 0.15) is 11.6 Å². The van der Waals surface area contributed by atoms with Crippen LogP contribution in [0.5, 0.6) is 5.88 Å². The molecule has 0 unspecified atom stereocenters. The molecule has 2 heterocycles. The number of hydrogen-bond donors (Lipinski definition) is 2. The number of aryl methyl sites for hydroxylation is 1. The van der Waals surface area contributed by atoms with Gasteiger partial charge in [0, 0.05) is 11.3 Å². The Bertz CT molecular complexity index is 809. The highest BCUT2D eigenvalue weighted by molar-refractivity contribution is 5.61. The van der Waals surface area contributed by atoms with Crippen LogP contribution in [0.4, 0.5) is 0 Å². The fourth-order valence-electron chi connectivity index (χ4n) is 2.75. The minimum atomic E-state index is -0.243. The summed E-state index contributed by atoms with van der Waals surface area (Å²) in [6.45, 7) is 3.90. The first kappa shape index (κ1) is 14.0. The van der Waals surface area contributed by atoms with E-state index in [9.17, 15) is 5.26 Å². The third-order valence-corrected chi connectivity index (χ3v) is 3.78. The first-order valence-corrected chi connectivity index (χ1v) is 6.97. The van der Waals surface area contributed by atoms with Crippen LogP contribution in [0.2, 0.25) is 0 Å². The molecule has 5 heteroatoms. The van der Waals surface area contributed by atoms with Crippen LogP contribution in [-0.4, -0.2) is 10.2 Å². The molecule has 1 aliphatic heterocycles. The van der Waals surface area contributed by atoms with Gasteiger partial charge in [-0.2, -0.15) is 5.26 Å². The lowest BCUT2D eigenvalue weighted by molar-refractivity contribution is 0.378. The van der Waals surface area contributed by atoms with E-state index in [0.717, 1.165) is 22.4 Å². The fourth-order valence-corrected chi connectivity index (χ4v) is 2.75. The number of rotatable bonds is 2. The predicted molar refractivity (Wildman–Crippen MR) is 83.6 cm³/mol. The standard InChI is InChI=1S/C17H16N4O/c1-10(8-12-6-4-3-5-7-12)14-13(9-18)16(19)22-17-15(14)11(2)20-21-17/h3-8,14H,19H2,1-2H3,(H,20,21)/b10-8+/t14-/m1/s1. The zero-order valence-corrected chi connectivity index (χ0v) is 12.4. The summed E-state index contributed by atoms with van der Waals surface area (Å²) >= 11 is 0. The summed E-state index contributed by atoms with van der Waals surface area (Å²) in [6, 6.07) is 12.1. The maximum atomic E-state index is 9.48. The van der Waals surface area contributed by atoms with Gasteiger partial charge in [-0.3, -0.25) is 5.10 Å². The average Bonchev–Trinajstić information content (AvgIpc) is 2.87. The van der Waals surface area contributed by atoms with E-state index in [-0.39, 0.29) is 11.8 Å². The Morgan fingerprint density at radius 1 is 1.41 bits per heavy atom. The van der Waals surface area contributed by atoms with Crippen LogP contribution in [0.3, 0.4) is 0 Å². The molecule has 0 amide bonds. The summed E-state index contributed by atoms with van der Waals surface area (Å²) in [7, 11) is 0. The molecule has 5 nitrogen and oxygen atoms in total. The summed E-state index contributed by atoms with van der Waals surface area (Å²) in [5, 5.41) is 16.5. The van der Waals surface area contributed by atoms with Crippen molar-refractivity contribution in [3.8, 4) is 11.9 Å². The van der Waals surface area contributed by atoms with Gasteiger partial charge in [0.15, 0.2) is 0 Å². The van der Waals surface area contributed by atoms with Crippen LogP contribution in [0, 0.1) is 18.3 Å². The molecule has 3 N–H and O–H groups in total. The van der Waals surface area contributed by atoms with E-state index in [4.69, 9.17) is 10.5 Å². The maximum Gasteiger partial charge on any atom is 0.244 e. The summed E-state index contributed by atoms with van der Waals surface area (Å²) in [5.74, 6) is 0.319. The van der Waals surface area contributed by atoms with E-state index in [2.05, 4.69) is 22.3 Å². The molecular formula is C17H16N4O. The van der Waals surface area contributed by atoms with E-state index in [1.807, 2.05) is 44.2 Å². The third-order valence-electron chi connectivity index (χ3n) is 3.78. The van der Waals surface area contributed by atoms with E-state index in [0.29, 0.717) is 11.5 Å². The first-order valence-electron chi connectivity index (χ1n) is 6.97. The molecule has 0 saturated heterocycles. The highest BCUT2D eigenvalue weighted by Crippen LogP contribution is 2.42. The SMILES string of the molecule is C/C(=C\c1ccccc1)[C@@H]1C(C#N)=C(N)Oc2n[nH]c(C)c21. The maximum absolute atomic E-state index is 9.48. The number of aromatic amines is 1. The summed E-state index contributed by atoms with van der Waals surface area (Å²) in [6.07, 6.45) is 2.05. The summed E-state index contributed by atoms with van der Waals surface area (Å²) < 4.78 is 5.45. The van der Waals surface area contributed by atoms with Gasteiger partial charge in [0.2, 0.25) is 11.8 Å². The average molecular weight is 292 g/mol. The lowest BCUT2D eigenvalue weighted by Gasteiger charge is -2.24. The van der Waals surface area contributed by atoms with Crippen molar-refractivity contribution in [1.82, 2.24) is 10.2 Å². The van der Waals surface area contributed by atoms with Crippen LogP contribution in [0.1, 0.15) is 29.7 Å². The monoisotopic (exact) mass is 292 g/mol. The van der Waals surface area contributed by atoms with Crippen molar-refractivity contribution < 1.29 is 4.74 Å². The van der Waals surface area contributed by atoms with Crippen molar-refractivity contribution >= 4 is 6.08 Å². The lowest BCUT2D eigenvalue weighted by Crippen LogP contribution is -2.21. The second-order valence-corrected chi connectivity index (χ2v) is 5.29. The Morgan fingerprint density at radius 2 is 2.14 bits per heavy atom. The number of nitrogens with one attached hydrogen (secondary N) is 1. The molecule has 110 valence electrons. The minimum absolute atomic E-state index is 0.118. The van der Waals surface area contributed by atoms with Crippen LogP contribution in [0.15, 0.2) is 47.4 Å².